The molecule has 0 unspecified atom stereocenters. The Hall–Kier alpha value is -0.900. The van der Waals surface area contributed by atoms with Crippen LogP contribution >= 0.6 is 0 Å². The first kappa shape index (κ1) is 14.1. The van der Waals surface area contributed by atoms with Gasteiger partial charge in [0.05, 0.1) is 12.7 Å². The molecule has 4 N–H and O–H groups in total. The van der Waals surface area contributed by atoms with Crippen molar-refractivity contribution in [2.45, 2.75) is 26.5 Å². The standard InChI is InChI=1S/C12H19NO.H3N/c1-11(2)14-9-8-13-10-12-6-4-3-5-7-12;/h3-7,11,13H,8-10H2,1-2H3;1H3. The molecule has 15 heavy (non-hydrogen) atoms. The zero-order valence-electron chi connectivity index (χ0n) is 9.70. The molecule has 0 aromatic heterocycles. The van der Waals surface area contributed by atoms with Gasteiger partial charge in [0.25, 0.3) is 0 Å². The first-order valence-corrected chi connectivity index (χ1v) is 5.15. The number of ether oxygens (including phenoxy) is 1. The number of rotatable bonds is 6. The van der Waals surface area contributed by atoms with Gasteiger partial charge in [0.1, 0.15) is 0 Å². The molecule has 86 valence electrons. The van der Waals surface area contributed by atoms with Crippen LogP contribution in [0.25, 0.3) is 0 Å². The summed E-state index contributed by atoms with van der Waals surface area (Å²) >= 11 is 0. The average Bonchev–Trinajstić information content (AvgIpc) is 2.18. The molecule has 0 aliphatic carbocycles. The second kappa shape index (κ2) is 8.41. The SMILES string of the molecule is CC(C)OCCNCc1ccccc1.N. The molecule has 1 aromatic rings. The van der Waals surface area contributed by atoms with Crippen LogP contribution in [0.3, 0.4) is 0 Å². The third-order valence-electron chi connectivity index (χ3n) is 1.90. The Bertz CT molecular complexity index is 237. The van der Waals surface area contributed by atoms with Crippen LogP contribution < -0.4 is 11.5 Å². The van der Waals surface area contributed by atoms with Crippen molar-refractivity contribution >= 4 is 0 Å². The molecular formula is C12H22N2O. The van der Waals surface area contributed by atoms with Crippen molar-refractivity contribution in [1.82, 2.24) is 11.5 Å². The molecule has 3 nitrogen and oxygen atoms in total. The number of hydrogen-bond acceptors (Lipinski definition) is 3. The van der Waals surface area contributed by atoms with Gasteiger partial charge in [-0.25, -0.2) is 0 Å². The van der Waals surface area contributed by atoms with Gasteiger partial charge >= 0.3 is 0 Å². The van der Waals surface area contributed by atoms with Crippen LogP contribution in [0.15, 0.2) is 30.3 Å². The lowest BCUT2D eigenvalue weighted by atomic mass is 10.2. The first-order chi connectivity index (χ1) is 6.79. The summed E-state index contributed by atoms with van der Waals surface area (Å²) in [5.74, 6) is 0. The highest BCUT2D eigenvalue weighted by Crippen LogP contribution is 1.96. The predicted octanol–water partition coefficient (Wildman–Crippen LogP) is 2.36. The lowest BCUT2D eigenvalue weighted by molar-refractivity contribution is 0.0807. The van der Waals surface area contributed by atoms with Gasteiger partial charge in [-0.05, 0) is 19.4 Å². The van der Waals surface area contributed by atoms with Crippen LogP contribution in [0.2, 0.25) is 0 Å². The topological polar surface area (TPSA) is 56.3 Å². The molecule has 0 aliphatic heterocycles. The minimum absolute atomic E-state index is 0. The zero-order valence-corrected chi connectivity index (χ0v) is 9.70. The van der Waals surface area contributed by atoms with Gasteiger partial charge in [0.2, 0.25) is 0 Å². The maximum atomic E-state index is 5.42. The van der Waals surface area contributed by atoms with E-state index in [1.165, 1.54) is 5.56 Å². The highest BCUT2D eigenvalue weighted by molar-refractivity contribution is 5.14. The quantitative estimate of drug-likeness (QED) is 0.709. The van der Waals surface area contributed by atoms with E-state index in [9.17, 15) is 0 Å². The summed E-state index contributed by atoms with van der Waals surface area (Å²) in [6.07, 6.45) is 0.327. The number of benzene rings is 1. The van der Waals surface area contributed by atoms with E-state index < -0.39 is 0 Å². The van der Waals surface area contributed by atoms with Crippen LogP contribution in [0.5, 0.6) is 0 Å². The molecule has 3 heteroatoms. The Morgan fingerprint density at radius 1 is 1.20 bits per heavy atom. The normalized spacial score (nSPS) is 10.1. The zero-order chi connectivity index (χ0) is 10.2. The van der Waals surface area contributed by atoms with E-state index in [0.29, 0.717) is 6.10 Å². The third-order valence-corrected chi connectivity index (χ3v) is 1.90. The molecule has 0 saturated carbocycles. The third kappa shape index (κ3) is 7.08. The van der Waals surface area contributed by atoms with Crippen molar-refractivity contribution in [2.24, 2.45) is 0 Å². The van der Waals surface area contributed by atoms with E-state index >= 15 is 0 Å². The van der Waals surface area contributed by atoms with Gasteiger partial charge in [-0.3, -0.25) is 0 Å². The minimum Gasteiger partial charge on any atom is -0.377 e. The summed E-state index contributed by atoms with van der Waals surface area (Å²) in [5, 5.41) is 3.33. The molecule has 0 amide bonds. The van der Waals surface area contributed by atoms with Crippen molar-refractivity contribution in [3.8, 4) is 0 Å². The van der Waals surface area contributed by atoms with E-state index in [1.54, 1.807) is 0 Å². The molecular weight excluding hydrogens is 188 g/mol. The highest BCUT2D eigenvalue weighted by atomic mass is 16.5. The molecule has 0 saturated heterocycles. The van der Waals surface area contributed by atoms with Crippen molar-refractivity contribution in [1.29, 1.82) is 0 Å². The summed E-state index contributed by atoms with van der Waals surface area (Å²) in [4.78, 5) is 0. The van der Waals surface area contributed by atoms with Gasteiger partial charge in [0, 0.05) is 13.1 Å². The summed E-state index contributed by atoms with van der Waals surface area (Å²) in [6.45, 7) is 6.72. The van der Waals surface area contributed by atoms with Gasteiger partial charge in [0.15, 0.2) is 0 Å². The lowest BCUT2D eigenvalue weighted by Crippen LogP contribution is -2.20. The van der Waals surface area contributed by atoms with E-state index in [0.717, 1.165) is 19.7 Å². The highest BCUT2D eigenvalue weighted by Gasteiger charge is 1.93. The molecule has 0 radical (unpaired) electrons. The molecule has 0 aliphatic rings. The fraction of sp³-hybridized carbons (Fsp3) is 0.500. The largest absolute Gasteiger partial charge is 0.377 e. The Morgan fingerprint density at radius 3 is 2.47 bits per heavy atom. The Morgan fingerprint density at radius 2 is 1.87 bits per heavy atom. The first-order valence-electron chi connectivity index (χ1n) is 5.15. The van der Waals surface area contributed by atoms with Gasteiger partial charge in [-0.15, -0.1) is 0 Å². The number of hydrogen-bond donors (Lipinski definition) is 2. The molecule has 0 spiro atoms. The maximum absolute atomic E-state index is 5.42. The lowest BCUT2D eigenvalue weighted by Gasteiger charge is -2.08. The minimum atomic E-state index is 0. The second-order valence-electron chi connectivity index (χ2n) is 3.58. The molecule has 1 rings (SSSR count). The van der Waals surface area contributed by atoms with Crippen LogP contribution in [0, 0.1) is 0 Å². The van der Waals surface area contributed by atoms with Gasteiger partial charge < -0.3 is 16.2 Å². The molecule has 0 atom stereocenters. The van der Waals surface area contributed by atoms with Gasteiger partial charge in [-0.2, -0.15) is 0 Å². The molecule has 0 bridgehead atoms. The van der Waals surface area contributed by atoms with Crippen LogP contribution in [0.1, 0.15) is 19.4 Å². The molecule has 0 heterocycles. The number of nitrogens with one attached hydrogen (secondary N) is 1. The van der Waals surface area contributed by atoms with E-state index in [1.807, 2.05) is 6.07 Å². The predicted molar refractivity (Wildman–Crippen MR) is 64.3 cm³/mol. The average molecular weight is 210 g/mol. The van der Waals surface area contributed by atoms with Crippen molar-refractivity contribution in [3.05, 3.63) is 35.9 Å². The van der Waals surface area contributed by atoms with E-state index in [-0.39, 0.29) is 6.15 Å². The summed E-state index contributed by atoms with van der Waals surface area (Å²) in [7, 11) is 0. The van der Waals surface area contributed by atoms with Crippen LogP contribution in [0.4, 0.5) is 0 Å². The van der Waals surface area contributed by atoms with Crippen LogP contribution in [-0.2, 0) is 11.3 Å². The van der Waals surface area contributed by atoms with Gasteiger partial charge in [-0.1, -0.05) is 30.3 Å². The summed E-state index contributed by atoms with van der Waals surface area (Å²) in [5.41, 5.74) is 1.32. The monoisotopic (exact) mass is 210 g/mol. The molecule has 1 aromatic carbocycles. The maximum Gasteiger partial charge on any atom is 0.0594 e. The van der Waals surface area contributed by atoms with Crippen molar-refractivity contribution < 1.29 is 4.74 Å². The van der Waals surface area contributed by atoms with Crippen LogP contribution in [-0.4, -0.2) is 19.3 Å². The van der Waals surface area contributed by atoms with Crippen molar-refractivity contribution in [3.63, 3.8) is 0 Å². The summed E-state index contributed by atoms with van der Waals surface area (Å²) < 4.78 is 5.42. The fourth-order valence-corrected chi connectivity index (χ4v) is 1.20. The van der Waals surface area contributed by atoms with E-state index in [2.05, 4.69) is 43.4 Å². The van der Waals surface area contributed by atoms with E-state index in [4.69, 9.17) is 4.74 Å². The second-order valence-corrected chi connectivity index (χ2v) is 3.58. The Labute approximate surface area is 92.4 Å². The Kier molecular flexibility index (Phi) is 7.91. The van der Waals surface area contributed by atoms with Crippen molar-refractivity contribution in [2.75, 3.05) is 13.2 Å². The smallest absolute Gasteiger partial charge is 0.0594 e. The fourth-order valence-electron chi connectivity index (χ4n) is 1.20. The summed E-state index contributed by atoms with van der Waals surface area (Å²) in [6, 6.07) is 10.4. The molecule has 0 fully saturated rings. The Balaban J connectivity index is 0.00000196.